The number of ether oxygens (including phenoxy) is 1. The molecule has 26 heavy (non-hydrogen) atoms. The Morgan fingerprint density at radius 1 is 1.31 bits per heavy atom. The number of aliphatic imine (C=N–C) groups is 1. The lowest BCUT2D eigenvalue weighted by molar-refractivity contribution is 0.0992. The van der Waals surface area contributed by atoms with Gasteiger partial charge in [-0.15, -0.1) is 0 Å². The second-order valence-electron chi connectivity index (χ2n) is 6.95. The molecule has 2 aliphatic heterocycles. The lowest BCUT2D eigenvalue weighted by Crippen LogP contribution is -2.47. The average molecular weight is 381 g/mol. The molecule has 0 spiro atoms. The molecule has 3 unspecified atom stereocenters. The first-order valence-corrected chi connectivity index (χ1v) is 10.6. The van der Waals surface area contributed by atoms with Crippen molar-refractivity contribution in [1.82, 2.24) is 14.9 Å². The van der Waals surface area contributed by atoms with Crippen LogP contribution in [0.2, 0.25) is 0 Å². The van der Waals surface area contributed by atoms with Crippen LogP contribution in [0.1, 0.15) is 31.7 Å². The molecule has 2 heterocycles. The highest BCUT2D eigenvalue weighted by Gasteiger charge is 2.41. The molecule has 7 nitrogen and oxygen atoms in total. The summed E-state index contributed by atoms with van der Waals surface area (Å²) < 4.78 is 32.2. The Morgan fingerprint density at radius 2 is 2.08 bits per heavy atom. The van der Waals surface area contributed by atoms with Crippen LogP contribution >= 0.6 is 0 Å². The summed E-state index contributed by atoms with van der Waals surface area (Å²) in [5.41, 5.74) is 0.683. The lowest BCUT2D eigenvalue weighted by Gasteiger charge is -2.22. The molecular formula is C18H28N4O3S. The number of nitrogens with one attached hydrogen (secondary N) is 2. The summed E-state index contributed by atoms with van der Waals surface area (Å²) in [7, 11) is -0.418. The summed E-state index contributed by atoms with van der Waals surface area (Å²) >= 11 is 0. The van der Waals surface area contributed by atoms with Gasteiger partial charge in [0.2, 0.25) is 10.0 Å². The second-order valence-corrected chi connectivity index (χ2v) is 9.07. The molecule has 144 valence electrons. The SMILES string of the molecule is CCNC(=NCc1ccccc1S(=O)(=O)N(C)C)NC1CC2CCC1O2. The van der Waals surface area contributed by atoms with E-state index in [2.05, 4.69) is 15.6 Å². The zero-order valence-electron chi connectivity index (χ0n) is 15.6. The number of guanidine groups is 1. The van der Waals surface area contributed by atoms with Crippen molar-refractivity contribution in [2.45, 2.75) is 55.9 Å². The topological polar surface area (TPSA) is 83.0 Å². The van der Waals surface area contributed by atoms with Gasteiger partial charge in [-0.25, -0.2) is 17.7 Å². The van der Waals surface area contributed by atoms with Gasteiger partial charge < -0.3 is 15.4 Å². The van der Waals surface area contributed by atoms with Crippen LogP contribution in [0.4, 0.5) is 0 Å². The van der Waals surface area contributed by atoms with Crippen molar-refractivity contribution in [3.63, 3.8) is 0 Å². The highest BCUT2D eigenvalue weighted by molar-refractivity contribution is 7.89. The molecule has 1 aromatic rings. The summed E-state index contributed by atoms with van der Waals surface area (Å²) in [6.07, 6.45) is 3.86. The minimum Gasteiger partial charge on any atom is -0.373 e. The summed E-state index contributed by atoms with van der Waals surface area (Å²) in [5.74, 6) is 0.700. The van der Waals surface area contributed by atoms with E-state index in [4.69, 9.17) is 4.74 Å². The Hall–Kier alpha value is -1.64. The van der Waals surface area contributed by atoms with E-state index in [1.807, 2.05) is 19.1 Å². The van der Waals surface area contributed by atoms with Crippen LogP contribution in [0.5, 0.6) is 0 Å². The third kappa shape index (κ3) is 4.02. The zero-order valence-corrected chi connectivity index (χ0v) is 16.4. The Balaban J connectivity index is 1.76. The first-order chi connectivity index (χ1) is 12.4. The Bertz CT molecular complexity index is 763. The Kier molecular flexibility index (Phi) is 5.84. The summed E-state index contributed by atoms with van der Waals surface area (Å²) in [6, 6.07) is 7.28. The van der Waals surface area contributed by atoms with Crippen molar-refractivity contribution in [3.05, 3.63) is 29.8 Å². The highest BCUT2D eigenvalue weighted by atomic mass is 32.2. The van der Waals surface area contributed by atoms with E-state index in [-0.39, 0.29) is 12.1 Å². The molecule has 0 aliphatic carbocycles. The largest absolute Gasteiger partial charge is 0.373 e. The quantitative estimate of drug-likeness (QED) is 0.574. The Labute approximate surface area is 155 Å². The molecule has 0 radical (unpaired) electrons. The van der Waals surface area contributed by atoms with E-state index in [1.54, 1.807) is 12.1 Å². The Morgan fingerprint density at radius 3 is 2.69 bits per heavy atom. The van der Waals surface area contributed by atoms with Crippen molar-refractivity contribution in [2.24, 2.45) is 4.99 Å². The predicted molar refractivity (Wildman–Crippen MR) is 102 cm³/mol. The molecular weight excluding hydrogens is 352 g/mol. The van der Waals surface area contributed by atoms with Gasteiger partial charge in [0.1, 0.15) is 0 Å². The van der Waals surface area contributed by atoms with Crippen LogP contribution in [-0.2, 0) is 21.3 Å². The van der Waals surface area contributed by atoms with Crippen molar-refractivity contribution in [1.29, 1.82) is 0 Å². The number of hydrogen-bond donors (Lipinski definition) is 2. The van der Waals surface area contributed by atoms with Crippen LogP contribution in [0, 0.1) is 0 Å². The third-order valence-electron chi connectivity index (χ3n) is 4.91. The van der Waals surface area contributed by atoms with E-state index in [0.29, 0.717) is 29.1 Å². The molecule has 2 fully saturated rings. The van der Waals surface area contributed by atoms with Crippen LogP contribution in [-0.4, -0.2) is 57.6 Å². The minimum absolute atomic E-state index is 0.255. The normalized spacial score (nSPS) is 25.7. The van der Waals surface area contributed by atoms with Crippen molar-refractivity contribution in [3.8, 4) is 0 Å². The first kappa shape index (κ1) is 19.1. The number of benzene rings is 1. The van der Waals surface area contributed by atoms with E-state index in [9.17, 15) is 8.42 Å². The van der Waals surface area contributed by atoms with Gasteiger partial charge in [-0.1, -0.05) is 18.2 Å². The van der Waals surface area contributed by atoms with Gasteiger partial charge in [-0.2, -0.15) is 0 Å². The molecule has 2 bridgehead atoms. The zero-order chi connectivity index (χ0) is 18.7. The summed E-state index contributed by atoms with van der Waals surface area (Å²) in [5, 5.41) is 6.70. The van der Waals surface area contributed by atoms with Gasteiger partial charge in [0, 0.05) is 20.6 Å². The van der Waals surface area contributed by atoms with Gasteiger partial charge >= 0.3 is 0 Å². The maximum Gasteiger partial charge on any atom is 0.242 e. The fourth-order valence-corrected chi connectivity index (χ4v) is 4.64. The molecule has 3 atom stereocenters. The van der Waals surface area contributed by atoms with E-state index in [0.717, 1.165) is 25.8 Å². The minimum atomic E-state index is -3.49. The van der Waals surface area contributed by atoms with Gasteiger partial charge in [0.15, 0.2) is 5.96 Å². The fraction of sp³-hybridized carbons (Fsp3) is 0.611. The van der Waals surface area contributed by atoms with Crippen LogP contribution < -0.4 is 10.6 Å². The maximum absolute atomic E-state index is 12.5. The van der Waals surface area contributed by atoms with Gasteiger partial charge in [0.25, 0.3) is 0 Å². The standard InChI is InChI=1S/C18H28N4O3S/c1-4-19-18(21-15-11-14-9-10-16(15)25-14)20-12-13-7-5-6-8-17(13)26(23,24)22(2)3/h5-8,14-16H,4,9-12H2,1-3H3,(H2,19,20,21). The molecule has 8 heteroatoms. The molecule has 2 saturated heterocycles. The first-order valence-electron chi connectivity index (χ1n) is 9.12. The van der Waals surface area contributed by atoms with Crippen molar-refractivity contribution >= 4 is 16.0 Å². The van der Waals surface area contributed by atoms with Gasteiger partial charge in [-0.05, 0) is 37.8 Å². The van der Waals surface area contributed by atoms with Crippen molar-refractivity contribution < 1.29 is 13.2 Å². The second kappa shape index (κ2) is 7.94. The highest BCUT2D eigenvalue weighted by Crippen LogP contribution is 2.34. The van der Waals surface area contributed by atoms with E-state index < -0.39 is 10.0 Å². The molecule has 1 aromatic carbocycles. The van der Waals surface area contributed by atoms with E-state index in [1.165, 1.54) is 18.4 Å². The third-order valence-corrected chi connectivity index (χ3v) is 6.83. The monoisotopic (exact) mass is 380 g/mol. The molecule has 0 aromatic heterocycles. The smallest absolute Gasteiger partial charge is 0.242 e. The summed E-state index contributed by atoms with van der Waals surface area (Å²) in [6.45, 7) is 3.05. The number of hydrogen-bond acceptors (Lipinski definition) is 4. The van der Waals surface area contributed by atoms with Crippen molar-refractivity contribution in [2.75, 3.05) is 20.6 Å². The number of fused-ring (bicyclic) bond motifs is 2. The molecule has 0 amide bonds. The maximum atomic E-state index is 12.5. The number of sulfonamides is 1. The lowest BCUT2D eigenvalue weighted by atomic mass is 9.96. The predicted octanol–water partition coefficient (Wildman–Crippen LogP) is 1.31. The van der Waals surface area contributed by atoms with Crippen LogP contribution in [0.25, 0.3) is 0 Å². The number of rotatable bonds is 6. The van der Waals surface area contributed by atoms with E-state index >= 15 is 0 Å². The molecule has 2 N–H and O–H groups in total. The number of nitrogens with zero attached hydrogens (tertiary/aromatic N) is 2. The van der Waals surface area contributed by atoms with Gasteiger partial charge in [-0.3, -0.25) is 0 Å². The molecule has 2 aliphatic rings. The van der Waals surface area contributed by atoms with Gasteiger partial charge in [0.05, 0.1) is 29.7 Å². The summed E-state index contributed by atoms with van der Waals surface area (Å²) in [4.78, 5) is 4.92. The average Bonchev–Trinajstić information content (AvgIpc) is 3.23. The molecule has 0 saturated carbocycles. The van der Waals surface area contributed by atoms with Crippen LogP contribution in [0.3, 0.4) is 0 Å². The molecule has 3 rings (SSSR count). The fourth-order valence-electron chi connectivity index (χ4n) is 3.53. The van der Waals surface area contributed by atoms with Crippen LogP contribution in [0.15, 0.2) is 34.2 Å².